The Morgan fingerprint density at radius 2 is 1.92 bits per heavy atom. The number of methoxy groups -OCH3 is 1. The van der Waals surface area contributed by atoms with Gasteiger partial charge in [0.1, 0.15) is 5.03 Å². The van der Waals surface area contributed by atoms with Gasteiger partial charge in [0.25, 0.3) is 5.91 Å². The van der Waals surface area contributed by atoms with Gasteiger partial charge in [-0.1, -0.05) is 36.9 Å². The van der Waals surface area contributed by atoms with Crippen molar-refractivity contribution in [3.8, 4) is 0 Å². The van der Waals surface area contributed by atoms with Crippen LogP contribution in [0.15, 0.2) is 58.6 Å². The summed E-state index contributed by atoms with van der Waals surface area (Å²) in [5.41, 5.74) is 0.519. The minimum Gasteiger partial charge on any atom is -0.469 e. The van der Waals surface area contributed by atoms with E-state index in [1.807, 2.05) is 30.3 Å². The van der Waals surface area contributed by atoms with Crippen LogP contribution in [0.1, 0.15) is 17.3 Å². The van der Waals surface area contributed by atoms with Crippen LogP contribution in [-0.4, -0.2) is 42.5 Å². The lowest BCUT2D eigenvalue weighted by atomic mass is 10.1. The van der Waals surface area contributed by atoms with Gasteiger partial charge in [-0.15, -0.1) is 0 Å². The second-order valence-electron chi connectivity index (χ2n) is 5.38. The third-order valence-corrected chi connectivity index (χ3v) is 4.48. The van der Waals surface area contributed by atoms with E-state index >= 15 is 0 Å². The van der Waals surface area contributed by atoms with Crippen molar-refractivity contribution in [2.75, 3.05) is 20.7 Å². The van der Waals surface area contributed by atoms with Crippen LogP contribution in [0.4, 0.5) is 0 Å². The lowest BCUT2D eigenvalue weighted by Gasteiger charge is -2.21. The first kappa shape index (κ1) is 18.0. The Morgan fingerprint density at radius 3 is 2.58 bits per heavy atom. The Labute approximate surface area is 146 Å². The number of benzene rings is 1. The van der Waals surface area contributed by atoms with Gasteiger partial charge < -0.3 is 9.64 Å². The van der Waals surface area contributed by atoms with E-state index in [1.54, 1.807) is 32.3 Å². The second-order valence-corrected chi connectivity index (χ2v) is 6.44. The van der Waals surface area contributed by atoms with Crippen LogP contribution < -0.4 is 0 Å². The summed E-state index contributed by atoms with van der Waals surface area (Å²) >= 11 is 1.44. The molecule has 0 fully saturated rings. The van der Waals surface area contributed by atoms with Gasteiger partial charge in [-0.05, 0) is 24.3 Å². The molecule has 0 aliphatic carbocycles. The summed E-state index contributed by atoms with van der Waals surface area (Å²) in [6.45, 7) is 2.02. The van der Waals surface area contributed by atoms with E-state index in [2.05, 4.69) is 4.98 Å². The van der Waals surface area contributed by atoms with Crippen LogP contribution in [0.3, 0.4) is 0 Å². The lowest BCUT2D eigenvalue weighted by Crippen LogP contribution is -2.34. The number of ether oxygens (including phenoxy) is 1. The summed E-state index contributed by atoms with van der Waals surface area (Å²) < 4.78 is 4.71. The van der Waals surface area contributed by atoms with Crippen LogP contribution in [0.5, 0.6) is 0 Å². The van der Waals surface area contributed by atoms with Crippen molar-refractivity contribution in [1.29, 1.82) is 0 Å². The summed E-state index contributed by atoms with van der Waals surface area (Å²) in [6, 6.07) is 13.2. The number of esters is 1. The zero-order valence-electron chi connectivity index (χ0n) is 13.9. The molecule has 1 atom stereocenters. The molecule has 1 aromatic heterocycles. The summed E-state index contributed by atoms with van der Waals surface area (Å²) in [4.78, 5) is 31.1. The molecular formula is C18H20N2O3S. The van der Waals surface area contributed by atoms with Crippen LogP contribution >= 0.6 is 11.8 Å². The standard InChI is InChI=1S/C18H20N2O3S/c1-13(18(22)23-3)12-20(2)17(21)15-10-7-11-19-16(15)24-14-8-5-4-6-9-14/h4-11,13H,12H2,1-3H3. The zero-order valence-corrected chi connectivity index (χ0v) is 14.7. The molecule has 24 heavy (non-hydrogen) atoms. The van der Waals surface area contributed by atoms with Crippen LogP contribution in [0.2, 0.25) is 0 Å². The van der Waals surface area contributed by atoms with Gasteiger partial charge in [0.15, 0.2) is 0 Å². The minimum atomic E-state index is -0.383. The summed E-state index contributed by atoms with van der Waals surface area (Å²) in [7, 11) is 3.02. The Morgan fingerprint density at radius 1 is 1.21 bits per heavy atom. The molecule has 0 saturated carbocycles. The summed E-state index contributed by atoms with van der Waals surface area (Å²) in [6.07, 6.45) is 1.67. The van der Waals surface area contributed by atoms with Gasteiger partial charge in [0.05, 0.1) is 18.6 Å². The number of carbonyl (C=O) groups is 2. The maximum atomic E-state index is 12.7. The predicted molar refractivity (Wildman–Crippen MR) is 92.9 cm³/mol. The third-order valence-electron chi connectivity index (χ3n) is 3.46. The van der Waals surface area contributed by atoms with Gasteiger partial charge in [-0.2, -0.15) is 0 Å². The number of pyridine rings is 1. The number of hydrogen-bond acceptors (Lipinski definition) is 5. The van der Waals surface area contributed by atoms with Crippen LogP contribution in [0.25, 0.3) is 0 Å². The Balaban J connectivity index is 2.16. The monoisotopic (exact) mass is 344 g/mol. The Bertz CT molecular complexity index is 706. The lowest BCUT2D eigenvalue weighted by molar-refractivity contribution is -0.145. The highest BCUT2D eigenvalue weighted by atomic mass is 32.2. The average Bonchev–Trinajstić information content (AvgIpc) is 2.61. The topological polar surface area (TPSA) is 59.5 Å². The van der Waals surface area contributed by atoms with Crippen molar-refractivity contribution in [2.45, 2.75) is 16.8 Å². The Kier molecular flexibility index (Phi) is 6.37. The number of carbonyl (C=O) groups excluding carboxylic acids is 2. The molecule has 2 aromatic rings. The predicted octanol–water partition coefficient (Wildman–Crippen LogP) is 3.11. The van der Waals surface area contributed by atoms with E-state index in [4.69, 9.17) is 4.74 Å². The van der Waals surface area contributed by atoms with Crippen molar-refractivity contribution in [1.82, 2.24) is 9.88 Å². The molecule has 1 aromatic carbocycles. The van der Waals surface area contributed by atoms with Crippen LogP contribution in [-0.2, 0) is 9.53 Å². The first-order chi connectivity index (χ1) is 11.5. The fourth-order valence-corrected chi connectivity index (χ4v) is 3.11. The first-order valence-corrected chi connectivity index (χ1v) is 8.35. The van der Waals surface area contributed by atoms with Gasteiger partial charge in [0, 0.05) is 24.7 Å². The highest BCUT2D eigenvalue weighted by molar-refractivity contribution is 7.99. The number of rotatable bonds is 6. The van der Waals surface area contributed by atoms with E-state index in [-0.39, 0.29) is 24.3 Å². The van der Waals surface area contributed by atoms with Gasteiger partial charge >= 0.3 is 5.97 Å². The van der Waals surface area contributed by atoms with Crippen molar-refractivity contribution in [3.63, 3.8) is 0 Å². The smallest absolute Gasteiger partial charge is 0.310 e. The fraction of sp³-hybridized carbons (Fsp3) is 0.278. The van der Waals surface area contributed by atoms with Crippen molar-refractivity contribution >= 4 is 23.6 Å². The molecule has 0 spiro atoms. The molecule has 0 bridgehead atoms. The molecule has 2 rings (SSSR count). The first-order valence-electron chi connectivity index (χ1n) is 7.54. The molecule has 5 nitrogen and oxygen atoms in total. The molecule has 1 unspecified atom stereocenters. The summed E-state index contributed by atoms with van der Waals surface area (Å²) in [5.74, 6) is -0.886. The van der Waals surface area contributed by atoms with E-state index in [0.717, 1.165) is 4.90 Å². The van der Waals surface area contributed by atoms with E-state index < -0.39 is 0 Å². The minimum absolute atomic E-state index is 0.169. The average molecular weight is 344 g/mol. The van der Waals surface area contributed by atoms with Crippen LogP contribution in [0, 0.1) is 5.92 Å². The van der Waals surface area contributed by atoms with Crippen molar-refractivity contribution in [3.05, 3.63) is 54.2 Å². The number of aromatic nitrogens is 1. The molecule has 126 valence electrons. The zero-order chi connectivity index (χ0) is 17.5. The molecule has 1 amide bonds. The van der Waals surface area contributed by atoms with Gasteiger partial charge in [0.2, 0.25) is 0 Å². The molecular weight excluding hydrogens is 324 g/mol. The molecule has 0 aliphatic rings. The second kappa shape index (κ2) is 8.49. The van der Waals surface area contributed by atoms with E-state index in [9.17, 15) is 9.59 Å². The Hall–Kier alpha value is -2.34. The highest BCUT2D eigenvalue weighted by Crippen LogP contribution is 2.28. The van der Waals surface area contributed by atoms with Gasteiger partial charge in [-0.3, -0.25) is 9.59 Å². The maximum absolute atomic E-state index is 12.7. The quantitative estimate of drug-likeness (QED) is 0.754. The normalized spacial score (nSPS) is 11.6. The highest BCUT2D eigenvalue weighted by Gasteiger charge is 2.22. The molecule has 0 aliphatic heterocycles. The number of amides is 1. The number of hydrogen-bond donors (Lipinski definition) is 0. The van der Waals surface area contributed by atoms with Gasteiger partial charge in [-0.25, -0.2) is 4.98 Å². The number of nitrogens with zero attached hydrogens (tertiary/aromatic N) is 2. The molecule has 1 heterocycles. The van der Waals surface area contributed by atoms with E-state index in [0.29, 0.717) is 10.6 Å². The maximum Gasteiger partial charge on any atom is 0.310 e. The molecule has 6 heteroatoms. The largest absolute Gasteiger partial charge is 0.469 e. The molecule has 0 saturated heterocycles. The van der Waals surface area contributed by atoms with Crippen molar-refractivity contribution < 1.29 is 14.3 Å². The molecule has 0 N–H and O–H groups in total. The summed E-state index contributed by atoms with van der Waals surface area (Å²) in [5, 5.41) is 0.645. The third kappa shape index (κ3) is 4.58. The molecule has 0 radical (unpaired) electrons. The fourth-order valence-electron chi connectivity index (χ4n) is 2.21. The van der Waals surface area contributed by atoms with E-state index in [1.165, 1.54) is 23.8 Å². The van der Waals surface area contributed by atoms with Crippen molar-refractivity contribution in [2.24, 2.45) is 5.92 Å². The SMILES string of the molecule is COC(=O)C(C)CN(C)C(=O)c1cccnc1Sc1ccccc1.